The lowest BCUT2D eigenvalue weighted by Crippen LogP contribution is -2.72. The number of benzene rings is 2. The van der Waals surface area contributed by atoms with Crippen LogP contribution in [0.4, 0.5) is 4.79 Å². The van der Waals surface area contributed by atoms with Gasteiger partial charge in [-0.05, 0) is 42.5 Å². The topological polar surface area (TPSA) is 106 Å². The van der Waals surface area contributed by atoms with Crippen LogP contribution < -0.4 is 20.7 Å². The van der Waals surface area contributed by atoms with Gasteiger partial charge in [0, 0.05) is 0 Å². The Morgan fingerprint density at radius 2 is 1.83 bits per heavy atom. The van der Waals surface area contributed by atoms with E-state index in [2.05, 4.69) is 16.0 Å². The second-order valence-electron chi connectivity index (χ2n) is 9.35. The van der Waals surface area contributed by atoms with Crippen LogP contribution in [0.3, 0.4) is 0 Å². The number of alkyl carbamates (subject to hydrolysis) is 1. The zero-order chi connectivity index (χ0) is 24.6. The number of carbonyl (C=O) groups excluding carboxylic acids is 3. The molecule has 3 N–H and O–H groups in total. The summed E-state index contributed by atoms with van der Waals surface area (Å²) in [6, 6.07) is 15.2. The van der Waals surface area contributed by atoms with Crippen LogP contribution in [0.15, 0.2) is 54.6 Å². The van der Waals surface area contributed by atoms with Crippen LogP contribution in [0.5, 0.6) is 5.75 Å². The molecule has 186 valence electrons. The van der Waals surface area contributed by atoms with Gasteiger partial charge in [0.25, 0.3) is 5.91 Å². The quantitative estimate of drug-likeness (QED) is 0.477. The molecule has 0 aromatic heterocycles. The SMILES string of the molecule is Cc1cccc(O[C@@H]2NC(=O)[C@H]2NC(=O)[C@H](CC2CCCCC2)NC(=O)OCc2ccccc2)c1. The van der Waals surface area contributed by atoms with Crippen LogP contribution in [0, 0.1) is 12.8 Å². The summed E-state index contributed by atoms with van der Waals surface area (Å²) in [6.45, 7) is 2.06. The molecule has 3 amide bonds. The van der Waals surface area contributed by atoms with Crippen molar-refractivity contribution in [1.29, 1.82) is 0 Å². The standard InChI is InChI=1S/C27H33N3O5/c1-18-9-8-14-21(15-18)35-26-23(25(32)30-26)29-24(31)22(16-19-10-4-2-5-11-19)28-27(33)34-17-20-12-6-3-7-13-20/h3,6-9,12-15,19,22-23,26H,2,4-5,10-11,16-17H2,1H3,(H,28,33)(H,29,31)(H,30,32)/t22-,23+,26-/m0/s1. The first kappa shape index (κ1) is 24.6. The summed E-state index contributed by atoms with van der Waals surface area (Å²) in [5, 5.41) is 8.18. The molecule has 1 heterocycles. The van der Waals surface area contributed by atoms with E-state index in [0.29, 0.717) is 18.1 Å². The molecule has 2 aliphatic rings. The van der Waals surface area contributed by atoms with Crippen molar-refractivity contribution in [3.05, 3.63) is 65.7 Å². The molecule has 8 nitrogen and oxygen atoms in total. The second kappa shape index (κ2) is 11.7. The third-order valence-electron chi connectivity index (χ3n) is 6.54. The van der Waals surface area contributed by atoms with Crippen LogP contribution >= 0.6 is 0 Å². The number of amides is 3. The maximum Gasteiger partial charge on any atom is 0.408 e. The molecule has 0 unspecified atom stereocenters. The zero-order valence-electron chi connectivity index (χ0n) is 20.0. The van der Waals surface area contributed by atoms with E-state index in [1.807, 2.05) is 55.5 Å². The van der Waals surface area contributed by atoms with Crippen molar-refractivity contribution in [2.45, 2.75) is 70.4 Å². The van der Waals surface area contributed by atoms with Gasteiger partial charge in [0.15, 0.2) is 6.04 Å². The molecule has 1 aliphatic carbocycles. The van der Waals surface area contributed by atoms with E-state index in [9.17, 15) is 14.4 Å². The average Bonchev–Trinajstić information content (AvgIpc) is 2.86. The van der Waals surface area contributed by atoms with Gasteiger partial charge in [0.2, 0.25) is 12.1 Å². The third kappa shape index (κ3) is 6.97. The first-order chi connectivity index (χ1) is 17.0. The summed E-state index contributed by atoms with van der Waals surface area (Å²) in [7, 11) is 0. The molecule has 0 bridgehead atoms. The summed E-state index contributed by atoms with van der Waals surface area (Å²) in [5.41, 5.74) is 1.89. The lowest BCUT2D eigenvalue weighted by atomic mass is 9.84. The van der Waals surface area contributed by atoms with Gasteiger partial charge in [-0.2, -0.15) is 0 Å². The smallest absolute Gasteiger partial charge is 0.408 e. The normalized spacial score (nSPS) is 20.7. The minimum atomic E-state index is -0.834. The molecule has 2 aromatic rings. The highest BCUT2D eigenvalue weighted by Gasteiger charge is 2.43. The second-order valence-corrected chi connectivity index (χ2v) is 9.35. The number of hydrogen-bond donors (Lipinski definition) is 3. The lowest BCUT2D eigenvalue weighted by molar-refractivity contribution is -0.144. The minimum Gasteiger partial charge on any atom is -0.468 e. The highest BCUT2D eigenvalue weighted by molar-refractivity contribution is 5.95. The van der Waals surface area contributed by atoms with Crippen molar-refractivity contribution in [3.63, 3.8) is 0 Å². The molecule has 1 saturated carbocycles. The molecular formula is C27H33N3O5. The van der Waals surface area contributed by atoms with Crippen LogP contribution in [0.25, 0.3) is 0 Å². The lowest BCUT2D eigenvalue weighted by Gasteiger charge is -2.37. The Kier molecular flexibility index (Phi) is 8.23. The first-order valence-electron chi connectivity index (χ1n) is 12.3. The Morgan fingerprint density at radius 1 is 1.06 bits per heavy atom. The molecule has 2 aromatic carbocycles. The molecule has 1 aliphatic heterocycles. The maximum absolute atomic E-state index is 13.2. The highest BCUT2D eigenvalue weighted by atomic mass is 16.5. The van der Waals surface area contributed by atoms with Gasteiger partial charge in [-0.25, -0.2) is 4.79 Å². The van der Waals surface area contributed by atoms with Gasteiger partial charge < -0.3 is 25.4 Å². The monoisotopic (exact) mass is 479 g/mol. The molecule has 3 atom stereocenters. The number of hydrogen-bond acceptors (Lipinski definition) is 5. The fourth-order valence-electron chi connectivity index (χ4n) is 4.58. The molecule has 35 heavy (non-hydrogen) atoms. The summed E-state index contributed by atoms with van der Waals surface area (Å²) >= 11 is 0. The Morgan fingerprint density at radius 3 is 2.54 bits per heavy atom. The van der Waals surface area contributed by atoms with E-state index in [1.54, 1.807) is 6.07 Å². The van der Waals surface area contributed by atoms with Gasteiger partial charge in [0.1, 0.15) is 18.4 Å². The third-order valence-corrected chi connectivity index (χ3v) is 6.54. The van der Waals surface area contributed by atoms with Crippen molar-refractivity contribution in [3.8, 4) is 5.75 Å². The molecule has 0 spiro atoms. The number of aryl methyl sites for hydroxylation is 1. The number of carbonyl (C=O) groups is 3. The molecule has 4 rings (SSSR count). The van der Waals surface area contributed by atoms with Crippen molar-refractivity contribution in [2.75, 3.05) is 0 Å². The predicted octanol–water partition coefficient (Wildman–Crippen LogP) is 3.58. The molecular weight excluding hydrogens is 446 g/mol. The van der Waals surface area contributed by atoms with Crippen molar-refractivity contribution in [2.24, 2.45) is 5.92 Å². The van der Waals surface area contributed by atoms with E-state index in [1.165, 1.54) is 6.42 Å². The number of nitrogens with one attached hydrogen (secondary N) is 3. The van der Waals surface area contributed by atoms with Gasteiger partial charge in [-0.1, -0.05) is 74.6 Å². The fourth-order valence-corrected chi connectivity index (χ4v) is 4.58. The summed E-state index contributed by atoms with van der Waals surface area (Å²) < 4.78 is 11.2. The van der Waals surface area contributed by atoms with Crippen LogP contribution in [-0.2, 0) is 20.9 Å². The van der Waals surface area contributed by atoms with Crippen molar-refractivity contribution >= 4 is 17.9 Å². The predicted molar refractivity (Wildman–Crippen MR) is 130 cm³/mol. The van der Waals surface area contributed by atoms with Crippen LogP contribution in [0.1, 0.15) is 49.7 Å². The Labute approximate surface area is 205 Å². The number of β-lactam (4-membered cyclic amide) rings is 1. The van der Waals surface area contributed by atoms with E-state index < -0.39 is 30.3 Å². The van der Waals surface area contributed by atoms with E-state index >= 15 is 0 Å². The molecule has 8 heteroatoms. The summed E-state index contributed by atoms with van der Waals surface area (Å²) in [4.78, 5) is 37.9. The van der Waals surface area contributed by atoms with Crippen LogP contribution in [0.2, 0.25) is 0 Å². The van der Waals surface area contributed by atoms with E-state index in [-0.39, 0.29) is 12.5 Å². The Balaban J connectivity index is 1.37. The van der Waals surface area contributed by atoms with Gasteiger partial charge in [-0.15, -0.1) is 0 Å². The fraction of sp³-hybridized carbons (Fsp3) is 0.444. The highest BCUT2D eigenvalue weighted by Crippen LogP contribution is 2.27. The Bertz CT molecular complexity index is 1020. The first-order valence-corrected chi connectivity index (χ1v) is 12.3. The van der Waals surface area contributed by atoms with Crippen LogP contribution in [-0.4, -0.2) is 36.2 Å². The zero-order valence-corrected chi connectivity index (χ0v) is 20.0. The Hall–Kier alpha value is -3.55. The molecule has 1 saturated heterocycles. The average molecular weight is 480 g/mol. The number of rotatable bonds is 9. The molecule has 0 radical (unpaired) electrons. The summed E-state index contributed by atoms with van der Waals surface area (Å²) in [5.74, 6) is 0.211. The van der Waals surface area contributed by atoms with Crippen molar-refractivity contribution < 1.29 is 23.9 Å². The van der Waals surface area contributed by atoms with Gasteiger partial charge in [0.05, 0.1) is 0 Å². The summed E-state index contributed by atoms with van der Waals surface area (Å²) in [6.07, 6.45) is 4.65. The van der Waals surface area contributed by atoms with E-state index in [0.717, 1.165) is 36.8 Å². The van der Waals surface area contributed by atoms with E-state index in [4.69, 9.17) is 9.47 Å². The van der Waals surface area contributed by atoms with Crippen molar-refractivity contribution in [1.82, 2.24) is 16.0 Å². The maximum atomic E-state index is 13.2. The number of ether oxygens (including phenoxy) is 2. The minimum absolute atomic E-state index is 0.113. The van der Waals surface area contributed by atoms with Gasteiger partial charge in [-0.3, -0.25) is 9.59 Å². The molecule has 2 fully saturated rings. The largest absolute Gasteiger partial charge is 0.468 e. The van der Waals surface area contributed by atoms with Gasteiger partial charge >= 0.3 is 6.09 Å².